The molecule has 3 rings (SSSR count). The van der Waals surface area contributed by atoms with Gasteiger partial charge in [-0.1, -0.05) is 36.4 Å². The van der Waals surface area contributed by atoms with Gasteiger partial charge in [0.1, 0.15) is 11.5 Å². The summed E-state index contributed by atoms with van der Waals surface area (Å²) in [5.41, 5.74) is 7.57. The monoisotopic (exact) mass is 424 g/mol. The summed E-state index contributed by atoms with van der Waals surface area (Å²) in [4.78, 5) is 29.3. The van der Waals surface area contributed by atoms with Crippen LogP contribution < -0.4 is 31.4 Å². The lowest BCUT2D eigenvalue weighted by Gasteiger charge is -2.25. The molecule has 8 nitrogen and oxygen atoms in total. The molecule has 8 heteroatoms. The highest BCUT2D eigenvalue weighted by atomic mass is 16.5. The van der Waals surface area contributed by atoms with E-state index in [9.17, 15) is 9.59 Å². The largest absolute Gasteiger partial charge is 0.493 e. The summed E-state index contributed by atoms with van der Waals surface area (Å²) < 4.78 is 12.0. The Bertz CT molecular complexity index is 1140. The van der Waals surface area contributed by atoms with Crippen LogP contribution in [0.15, 0.2) is 58.1 Å². The van der Waals surface area contributed by atoms with Crippen LogP contribution >= 0.6 is 0 Å². The zero-order chi connectivity index (χ0) is 22.4. The van der Waals surface area contributed by atoms with E-state index in [0.29, 0.717) is 36.7 Å². The van der Waals surface area contributed by atoms with Crippen LogP contribution in [0.5, 0.6) is 11.5 Å². The fourth-order valence-corrected chi connectivity index (χ4v) is 3.53. The van der Waals surface area contributed by atoms with Crippen molar-refractivity contribution in [1.29, 1.82) is 0 Å². The van der Waals surface area contributed by atoms with Crippen LogP contribution in [0.4, 0.5) is 11.5 Å². The first-order valence-corrected chi connectivity index (χ1v) is 10.1. The van der Waals surface area contributed by atoms with Crippen molar-refractivity contribution < 1.29 is 9.47 Å². The van der Waals surface area contributed by atoms with Crippen molar-refractivity contribution >= 4 is 11.5 Å². The SMILES string of the molecule is CCN(CCc1ccc(OC)c(OC)c1)c1c(N)n(Cc2ccccc2)c(=O)[nH]c1=O. The molecule has 1 heterocycles. The maximum atomic E-state index is 12.6. The first-order valence-electron chi connectivity index (χ1n) is 10.1. The highest BCUT2D eigenvalue weighted by Gasteiger charge is 2.18. The van der Waals surface area contributed by atoms with Crippen molar-refractivity contribution in [2.24, 2.45) is 0 Å². The van der Waals surface area contributed by atoms with Crippen LogP contribution in [0.25, 0.3) is 0 Å². The Hall–Kier alpha value is -3.68. The topological polar surface area (TPSA) is 103 Å². The van der Waals surface area contributed by atoms with Gasteiger partial charge in [0, 0.05) is 13.1 Å². The number of aromatic amines is 1. The number of nitrogens with one attached hydrogen (secondary N) is 1. The predicted molar refractivity (Wildman–Crippen MR) is 122 cm³/mol. The van der Waals surface area contributed by atoms with Gasteiger partial charge in [-0.15, -0.1) is 0 Å². The van der Waals surface area contributed by atoms with Crippen LogP contribution in [0.2, 0.25) is 0 Å². The van der Waals surface area contributed by atoms with Crippen molar-refractivity contribution in [2.45, 2.75) is 19.9 Å². The molecule has 0 saturated heterocycles. The van der Waals surface area contributed by atoms with E-state index in [-0.39, 0.29) is 12.4 Å². The number of hydrogen-bond acceptors (Lipinski definition) is 6. The number of methoxy groups -OCH3 is 2. The van der Waals surface area contributed by atoms with Gasteiger partial charge in [-0.2, -0.15) is 0 Å². The lowest BCUT2D eigenvalue weighted by molar-refractivity contribution is 0.354. The van der Waals surface area contributed by atoms with E-state index in [0.717, 1.165) is 11.1 Å². The molecule has 0 radical (unpaired) electrons. The van der Waals surface area contributed by atoms with Gasteiger partial charge < -0.3 is 20.1 Å². The van der Waals surface area contributed by atoms with Gasteiger partial charge in [-0.3, -0.25) is 14.3 Å². The standard InChI is InChI=1S/C23H28N4O4/c1-4-26(13-12-16-10-11-18(30-2)19(14-16)31-3)20-21(24)27(23(29)25-22(20)28)15-17-8-6-5-7-9-17/h5-11,14H,4,12-13,15,24H2,1-3H3,(H,25,28,29). The van der Waals surface area contributed by atoms with Crippen LogP contribution in [-0.4, -0.2) is 36.9 Å². The molecule has 0 aliphatic carbocycles. The van der Waals surface area contributed by atoms with Crippen LogP contribution in [0.1, 0.15) is 18.1 Å². The summed E-state index contributed by atoms with van der Waals surface area (Å²) in [5, 5.41) is 0. The van der Waals surface area contributed by atoms with Crippen molar-refractivity contribution in [3.8, 4) is 11.5 Å². The fourth-order valence-electron chi connectivity index (χ4n) is 3.53. The summed E-state index contributed by atoms with van der Waals surface area (Å²) >= 11 is 0. The number of hydrogen-bond donors (Lipinski definition) is 2. The summed E-state index contributed by atoms with van der Waals surface area (Å²) in [6.45, 7) is 3.33. The zero-order valence-corrected chi connectivity index (χ0v) is 18.1. The van der Waals surface area contributed by atoms with Gasteiger partial charge >= 0.3 is 5.69 Å². The number of nitrogen functional groups attached to an aromatic ring is 1. The van der Waals surface area contributed by atoms with E-state index in [1.807, 2.05) is 60.4 Å². The predicted octanol–water partition coefficient (Wildman–Crippen LogP) is 2.25. The van der Waals surface area contributed by atoms with Crippen LogP contribution in [0.3, 0.4) is 0 Å². The molecule has 2 aromatic carbocycles. The molecule has 0 atom stereocenters. The number of anilines is 2. The van der Waals surface area contributed by atoms with Gasteiger partial charge in [-0.05, 0) is 36.6 Å². The summed E-state index contributed by atoms with van der Waals surface area (Å²) in [5.74, 6) is 1.47. The molecule has 3 aromatic rings. The Balaban J connectivity index is 1.88. The number of nitrogens with zero attached hydrogens (tertiary/aromatic N) is 2. The molecular formula is C23H28N4O4. The Morgan fingerprint density at radius 3 is 2.35 bits per heavy atom. The number of H-pyrrole nitrogens is 1. The molecule has 3 N–H and O–H groups in total. The van der Waals surface area contributed by atoms with Crippen molar-refractivity contribution in [2.75, 3.05) is 37.9 Å². The molecule has 0 saturated carbocycles. The minimum absolute atomic E-state index is 0.159. The number of benzene rings is 2. The van der Waals surface area contributed by atoms with Gasteiger partial charge in [-0.25, -0.2) is 4.79 Å². The number of likely N-dealkylation sites (N-methyl/N-ethyl adjacent to an activating group) is 1. The van der Waals surface area contributed by atoms with Crippen LogP contribution in [-0.2, 0) is 13.0 Å². The molecule has 0 aliphatic heterocycles. The molecular weight excluding hydrogens is 396 g/mol. The summed E-state index contributed by atoms with van der Waals surface area (Å²) in [7, 11) is 3.19. The Morgan fingerprint density at radius 1 is 1.00 bits per heavy atom. The summed E-state index contributed by atoms with van der Waals surface area (Å²) in [6, 6.07) is 15.2. The molecule has 0 fully saturated rings. The van der Waals surface area contributed by atoms with Gasteiger partial charge in [0.25, 0.3) is 5.56 Å². The van der Waals surface area contributed by atoms with Crippen molar-refractivity contribution in [3.63, 3.8) is 0 Å². The molecule has 0 aliphatic rings. The van der Waals surface area contributed by atoms with Gasteiger partial charge in [0.15, 0.2) is 11.5 Å². The number of nitrogens with two attached hydrogens (primary N) is 1. The second-order valence-corrected chi connectivity index (χ2v) is 7.08. The van der Waals surface area contributed by atoms with E-state index in [1.165, 1.54) is 4.57 Å². The Kier molecular flexibility index (Phi) is 7.02. The highest BCUT2D eigenvalue weighted by molar-refractivity contribution is 5.62. The summed E-state index contributed by atoms with van der Waals surface area (Å²) in [6.07, 6.45) is 0.658. The molecule has 31 heavy (non-hydrogen) atoms. The van der Waals surface area contributed by atoms with E-state index in [4.69, 9.17) is 15.2 Å². The average molecular weight is 425 g/mol. The number of rotatable bonds is 9. The molecule has 0 unspecified atom stereocenters. The lowest BCUT2D eigenvalue weighted by Crippen LogP contribution is -2.39. The third-order valence-corrected chi connectivity index (χ3v) is 5.21. The number of ether oxygens (including phenoxy) is 2. The van der Waals surface area contributed by atoms with E-state index in [1.54, 1.807) is 14.2 Å². The minimum atomic E-state index is -0.522. The Labute approximate surface area is 180 Å². The van der Waals surface area contributed by atoms with E-state index < -0.39 is 11.2 Å². The molecule has 0 amide bonds. The maximum Gasteiger partial charge on any atom is 0.330 e. The molecule has 164 valence electrons. The molecule has 1 aromatic heterocycles. The number of aromatic nitrogens is 2. The lowest BCUT2D eigenvalue weighted by atomic mass is 10.1. The zero-order valence-electron chi connectivity index (χ0n) is 18.1. The normalized spacial score (nSPS) is 10.7. The second kappa shape index (κ2) is 9.88. The van der Waals surface area contributed by atoms with Crippen molar-refractivity contribution in [1.82, 2.24) is 9.55 Å². The Morgan fingerprint density at radius 2 is 1.71 bits per heavy atom. The smallest absolute Gasteiger partial charge is 0.330 e. The first-order chi connectivity index (χ1) is 15.0. The quantitative estimate of drug-likeness (QED) is 0.546. The fraction of sp³-hybridized carbons (Fsp3) is 0.304. The third kappa shape index (κ3) is 4.91. The second-order valence-electron chi connectivity index (χ2n) is 7.08. The van der Waals surface area contributed by atoms with Crippen molar-refractivity contribution in [3.05, 3.63) is 80.5 Å². The molecule has 0 bridgehead atoms. The molecule has 0 spiro atoms. The minimum Gasteiger partial charge on any atom is -0.493 e. The van der Waals surface area contributed by atoms with Gasteiger partial charge in [0.05, 0.1) is 20.8 Å². The van der Waals surface area contributed by atoms with Gasteiger partial charge in [0.2, 0.25) is 0 Å². The third-order valence-electron chi connectivity index (χ3n) is 5.21. The first kappa shape index (κ1) is 22.0. The van der Waals surface area contributed by atoms with Crippen LogP contribution in [0, 0.1) is 0 Å². The van der Waals surface area contributed by atoms with E-state index in [2.05, 4.69) is 4.98 Å². The average Bonchev–Trinajstić information content (AvgIpc) is 2.79. The highest BCUT2D eigenvalue weighted by Crippen LogP contribution is 2.28. The van der Waals surface area contributed by atoms with E-state index >= 15 is 0 Å². The maximum absolute atomic E-state index is 12.6.